The Balaban J connectivity index is 1.73. The second-order valence-corrected chi connectivity index (χ2v) is 5.59. The minimum Gasteiger partial charge on any atom is -0.497 e. The highest BCUT2D eigenvalue weighted by atomic mass is 16.5. The number of ketones is 1. The van der Waals surface area contributed by atoms with Crippen molar-refractivity contribution in [2.45, 2.75) is 12.6 Å². The molecule has 0 spiro atoms. The Morgan fingerprint density at radius 3 is 2.54 bits per heavy atom. The van der Waals surface area contributed by atoms with Gasteiger partial charge in [-0.3, -0.25) is 9.59 Å². The van der Waals surface area contributed by atoms with E-state index in [-0.39, 0.29) is 11.7 Å². The van der Waals surface area contributed by atoms with Gasteiger partial charge in [-0.25, -0.2) is 0 Å². The number of hydrogen-bond acceptors (Lipinski definition) is 4. The van der Waals surface area contributed by atoms with Crippen LogP contribution in [0, 0.1) is 0 Å². The van der Waals surface area contributed by atoms with Crippen molar-refractivity contribution in [1.29, 1.82) is 0 Å². The Kier molecular flexibility index (Phi) is 4.91. The molecule has 124 valence electrons. The average molecular weight is 325 g/mol. The van der Waals surface area contributed by atoms with E-state index >= 15 is 0 Å². The molecule has 1 heterocycles. The summed E-state index contributed by atoms with van der Waals surface area (Å²) in [6.45, 7) is 1.32. The van der Waals surface area contributed by atoms with Crippen LogP contribution in [-0.2, 0) is 16.1 Å². The fourth-order valence-electron chi connectivity index (χ4n) is 2.68. The molecule has 0 bridgehead atoms. The highest BCUT2D eigenvalue weighted by molar-refractivity contribution is 6.12. The van der Waals surface area contributed by atoms with Crippen molar-refractivity contribution in [1.82, 2.24) is 4.90 Å². The summed E-state index contributed by atoms with van der Waals surface area (Å²) >= 11 is 0. The molecule has 1 amide bonds. The number of ether oxygens (including phenoxy) is 2. The molecule has 5 heteroatoms. The first kappa shape index (κ1) is 16.2. The van der Waals surface area contributed by atoms with E-state index < -0.39 is 6.10 Å². The summed E-state index contributed by atoms with van der Waals surface area (Å²) in [5, 5.41) is 0. The lowest BCUT2D eigenvalue weighted by atomic mass is 10.0. The third kappa shape index (κ3) is 3.46. The summed E-state index contributed by atoms with van der Waals surface area (Å²) in [5.41, 5.74) is 1.47. The second-order valence-electron chi connectivity index (χ2n) is 5.59. The highest BCUT2D eigenvalue weighted by Gasteiger charge is 2.35. The standard InChI is InChI=1S/C19H19NO4/c1-23-16-9-7-15(8-10-16)17(21)18-19(22)20(11-12-24-18)13-14-5-3-2-4-6-14/h2-10,18H,11-13H2,1H3. The first-order valence-corrected chi connectivity index (χ1v) is 7.81. The van der Waals surface area contributed by atoms with Gasteiger partial charge in [-0.1, -0.05) is 30.3 Å². The Hall–Kier alpha value is -2.66. The summed E-state index contributed by atoms with van der Waals surface area (Å²) in [4.78, 5) is 26.9. The fraction of sp³-hybridized carbons (Fsp3) is 0.263. The summed E-state index contributed by atoms with van der Waals surface area (Å²) in [6.07, 6.45) is -1.07. The molecule has 24 heavy (non-hydrogen) atoms. The topological polar surface area (TPSA) is 55.8 Å². The van der Waals surface area contributed by atoms with E-state index in [1.54, 1.807) is 36.3 Å². The number of rotatable bonds is 5. The SMILES string of the molecule is COc1ccc(C(=O)C2OCCN(Cc3ccccc3)C2=O)cc1. The molecule has 3 rings (SSSR count). The molecular weight excluding hydrogens is 306 g/mol. The van der Waals surface area contributed by atoms with Gasteiger partial charge in [0.1, 0.15) is 5.75 Å². The molecule has 2 aromatic carbocycles. The third-order valence-electron chi connectivity index (χ3n) is 4.01. The predicted octanol–water partition coefficient (Wildman–Crippen LogP) is 2.31. The maximum atomic E-state index is 12.6. The number of Topliss-reactive ketones (excluding diaryl/α,β-unsaturated/α-hetero) is 1. The average Bonchev–Trinajstić information content (AvgIpc) is 2.64. The van der Waals surface area contributed by atoms with Crippen molar-refractivity contribution in [2.75, 3.05) is 20.3 Å². The van der Waals surface area contributed by atoms with Crippen molar-refractivity contribution >= 4 is 11.7 Å². The molecule has 1 fully saturated rings. The van der Waals surface area contributed by atoms with Gasteiger partial charge in [0, 0.05) is 18.7 Å². The largest absolute Gasteiger partial charge is 0.497 e. The van der Waals surface area contributed by atoms with Crippen LogP contribution in [0.5, 0.6) is 5.75 Å². The zero-order valence-electron chi connectivity index (χ0n) is 13.5. The third-order valence-corrected chi connectivity index (χ3v) is 4.01. The highest BCUT2D eigenvalue weighted by Crippen LogP contribution is 2.18. The number of morpholine rings is 1. The summed E-state index contributed by atoms with van der Waals surface area (Å²) < 4.78 is 10.5. The quantitative estimate of drug-likeness (QED) is 0.625. The molecule has 0 N–H and O–H groups in total. The lowest BCUT2D eigenvalue weighted by molar-refractivity contribution is -0.149. The van der Waals surface area contributed by atoms with Gasteiger partial charge in [-0.05, 0) is 29.8 Å². The molecule has 1 unspecified atom stereocenters. The van der Waals surface area contributed by atoms with Crippen LogP contribution in [0.1, 0.15) is 15.9 Å². The van der Waals surface area contributed by atoms with Gasteiger partial charge in [-0.15, -0.1) is 0 Å². The van der Waals surface area contributed by atoms with E-state index in [1.165, 1.54) is 0 Å². The van der Waals surface area contributed by atoms with Crippen LogP contribution in [0.4, 0.5) is 0 Å². The maximum Gasteiger partial charge on any atom is 0.260 e. The van der Waals surface area contributed by atoms with Crippen LogP contribution in [0.3, 0.4) is 0 Å². The molecule has 2 aromatic rings. The second kappa shape index (κ2) is 7.27. The van der Waals surface area contributed by atoms with Crippen LogP contribution in [0.15, 0.2) is 54.6 Å². The van der Waals surface area contributed by atoms with E-state index in [9.17, 15) is 9.59 Å². The van der Waals surface area contributed by atoms with Gasteiger partial charge < -0.3 is 14.4 Å². The molecule has 1 saturated heterocycles. The monoisotopic (exact) mass is 325 g/mol. The van der Waals surface area contributed by atoms with Crippen LogP contribution < -0.4 is 4.74 Å². The lowest BCUT2D eigenvalue weighted by Gasteiger charge is -2.31. The molecule has 0 aliphatic carbocycles. The van der Waals surface area contributed by atoms with Gasteiger partial charge >= 0.3 is 0 Å². The number of hydrogen-bond donors (Lipinski definition) is 0. The molecule has 0 saturated carbocycles. The minimum absolute atomic E-state index is 0.286. The van der Waals surface area contributed by atoms with E-state index in [1.807, 2.05) is 30.3 Å². The van der Waals surface area contributed by atoms with E-state index in [4.69, 9.17) is 9.47 Å². The number of amides is 1. The number of carbonyl (C=O) groups is 2. The minimum atomic E-state index is -1.07. The Morgan fingerprint density at radius 2 is 1.88 bits per heavy atom. The van der Waals surface area contributed by atoms with Crippen molar-refractivity contribution in [3.05, 3.63) is 65.7 Å². The Bertz CT molecular complexity index is 712. The molecule has 1 aliphatic rings. The van der Waals surface area contributed by atoms with Gasteiger partial charge in [0.15, 0.2) is 6.10 Å². The van der Waals surface area contributed by atoms with Crippen molar-refractivity contribution < 1.29 is 19.1 Å². The Labute approximate surface area is 140 Å². The number of carbonyl (C=O) groups excluding carboxylic acids is 2. The smallest absolute Gasteiger partial charge is 0.260 e. The zero-order valence-corrected chi connectivity index (χ0v) is 13.5. The van der Waals surface area contributed by atoms with Crippen LogP contribution >= 0.6 is 0 Å². The molecule has 1 aliphatic heterocycles. The summed E-state index contributed by atoms with van der Waals surface area (Å²) in [6, 6.07) is 16.4. The van der Waals surface area contributed by atoms with Crippen LogP contribution in [0.2, 0.25) is 0 Å². The van der Waals surface area contributed by atoms with Crippen LogP contribution in [0.25, 0.3) is 0 Å². The number of methoxy groups -OCH3 is 1. The molecule has 0 radical (unpaired) electrons. The van der Waals surface area contributed by atoms with Gasteiger partial charge in [-0.2, -0.15) is 0 Å². The van der Waals surface area contributed by atoms with Crippen molar-refractivity contribution in [2.24, 2.45) is 0 Å². The van der Waals surface area contributed by atoms with E-state index in [0.29, 0.717) is 31.0 Å². The fourth-order valence-corrected chi connectivity index (χ4v) is 2.68. The van der Waals surface area contributed by atoms with Crippen molar-refractivity contribution in [3.8, 4) is 5.75 Å². The van der Waals surface area contributed by atoms with Gasteiger partial charge in [0.25, 0.3) is 5.91 Å². The number of benzene rings is 2. The zero-order chi connectivity index (χ0) is 16.9. The molecule has 5 nitrogen and oxygen atoms in total. The normalized spacial score (nSPS) is 17.6. The lowest BCUT2D eigenvalue weighted by Crippen LogP contribution is -2.50. The maximum absolute atomic E-state index is 12.6. The van der Waals surface area contributed by atoms with Crippen LogP contribution in [-0.4, -0.2) is 43.0 Å². The first-order chi connectivity index (χ1) is 11.7. The summed E-state index contributed by atoms with van der Waals surface area (Å²) in [5.74, 6) is 0.0551. The van der Waals surface area contributed by atoms with E-state index in [0.717, 1.165) is 5.56 Å². The predicted molar refractivity (Wildman–Crippen MR) is 88.9 cm³/mol. The first-order valence-electron chi connectivity index (χ1n) is 7.81. The number of nitrogens with zero attached hydrogens (tertiary/aromatic N) is 1. The molecule has 1 atom stereocenters. The molecular formula is C19H19NO4. The van der Waals surface area contributed by atoms with Crippen molar-refractivity contribution in [3.63, 3.8) is 0 Å². The van der Waals surface area contributed by atoms with Gasteiger partial charge in [0.2, 0.25) is 5.78 Å². The van der Waals surface area contributed by atoms with E-state index in [2.05, 4.69) is 0 Å². The summed E-state index contributed by atoms with van der Waals surface area (Å²) in [7, 11) is 1.56. The van der Waals surface area contributed by atoms with Gasteiger partial charge in [0.05, 0.1) is 13.7 Å². The molecule has 0 aromatic heterocycles. The Morgan fingerprint density at radius 1 is 1.17 bits per heavy atom.